The first kappa shape index (κ1) is 18.8. The number of rotatable bonds is 8. The Morgan fingerprint density at radius 1 is 1.38 bits per heavy atom. The van der Waals surface area contributed by atoms with Gasteiger partial charge in [0.15, 0.2) is 0 Å². The van der Waals surface area contributed by atoms with Crippen molar-refractivity contribution in [3.63, 3.8) is 0 Å². The number of benzene rings is 1. The molecule has 0 bridgehead atoms. The van der Waals surface area contributed by atoms with Gasteiger partial charge in [-0.2, -0.15) is 0 Å². The number of hydrogen-bond donors (Lipinski definition) is 1. The van der Waals surface area contributed by atoms with Crippen molar-refractivity contribution in [1.29, 1.82) is 0 Å². The molecule has 6 nitrogen and oxygen atoms in total. The lowest BCUT2D eigenvalue weighted by Gasteiger charge is -2.26. The summed E-state index contributed by atoms with van der Waals surface area (Å²) < 4.78 is 11.1. The highest BCUT2D eigenvalue weighted by atomic mass is 32.1. The highest BCUT2D eigenvalue weighted by Crippen LogP contribution is 2.16. The van der Waals surface area contributed by atoms with Gasteiger partial charge in [0.2, 0.25) is 0 Å². The zero-order chi connectivity index (χ0) is 18.2. The first-order valence-corrected chi connectivity index (χ1v) is 9.81. The van der Waals surface area contributed by atoms with E-state index in [2.05, 4.69) is 15.2 Å². The van der Waals surface area contributed by atoms with E-state index in [0.717, 1.165) is 50.0 Å². The lowest BCUT2D eigenvalue weighted by Crippen LogP contribution is -2.38. The molecule has 3 rings (SSSR count). The third-order valence-corrected chi connectivity index (χ3v) is 5.01. The van der Waals surface area contributed by atoms with Crippen molar-refractivity contribution in [2.75, 3.05) is 39.4 Å². The van der Waals surface area contributed by atoms with Gasteiger partial charge in [0.1, 0.15) is 12.4 Å². The number of nitrogens with zero attached hydrogens (tertiary/aromatic N) is 2. The number of amides is 1. The van der Waals surface area contributed by atoms with Crippen LogP contribution in [0.25, 0.3) is 0 Å². The molecule has 0 radical (unpaired) electrons. The van der Waals surface area contributed by atoms with Crippen LogP contribution in [0.5, 0.6) is 5.75 Å². The highest BCUT2D eigenvalue weighted by Gasteiger charge is 2.10. The number of carbonyl (C=O) groups is 1. The molecule has 1 N–H and O–H groups in total. The van der Waals surface area contributed by atoms with E-state index in [9.17, 15) is 4.79 Å². The summed E-state index contributed by atoms with van der Waals surface area (Å²) in [5.41, 5.74) is 1.52. The van der Waals surface area contributed by atoms with E-state index in [1.54, 1.807) is 23.5 Å². The lowest BCUT2D eigenvalue weighted by molar-refractivity contribution is 0.0374. The normalized spacial score (nSPS) is 15.0. The van der Waals surface area contributed by atoms with Gasteiger partial charge in [-0.15, -0.1) is 11.3 Å². The van der Waals surface area contributed by atoms with E-state index < -0.39 is 0 Å². The van der Waals surface area contributed by atoms with E-state index in [0.29, 0.717) is 24.5 Å². The van der Waals surface area contributed by atoms with Gasteiger partial charge >= 0.3 is 0 Å². The predicted octanol–water partition coefficient (Wildman–Crippen LogP) is 2.48. The molecule has 1 saturated heterocycles. The van der Waals surface area contributed by atoms with Crippen LogP contribution in [0, 0.1) is 6.92 Å². The molecule has 0 spiro atoms. The third kappa shape index (κ3) is 5.79. The molecule has 0 unspecified atom stereocenters. The Kier molecular flexibility index (Phi) is 6.99. The largest absolute Gasteiger partial charge is 0.487 e. The predicted molar refractivity (Wildman–Crippen MR) is 102 cm³/mol. The Labute approximate surface area is 158 Å². The molecule has 1 aliphatic heterocycles. The Balaban J connectivity index is 1.42. The monoisotopic (exact) mass is 375 g/mol. The number of aromatic nitrogens is 1. The van der Waals surface area contributed by atoms with Gasteiger partial charge in [0.25, 0.3) is 5.91 Å². The fourth-order valence-electron chi connectivity index (χ4n) is 2.79. The number of carbonyl (C=O) groups excluding carboxylic acids is 1. The Hall–Kier alpha value is -1.96. The van der Waals surface area contributed by atoms with Crippen LogP contribution in [-0.4, -0.2) is 55.2 Å². The molecule has 0 atom stereocenters. The first-order chi connectivity index (χ1) is 12.7. The molecular weight excluding hydrogens is 350 g/mol. The van der Waals surface area contributed by atoms with Crippen LogP contribution in [-0.2, 0) is 11.3 Å². The van der Waals surface area contributed by atoms with Crippen LogP contribution in [0.1, 0.15) is 27.5 Å². The van der Waals surface area contributed by atoms with Crippen LogP contribution < -0.4 is 10.1 Å². The minimum atomic E-state index is -0.0677. The topological polar surface area (TPSA) is 63.7 Å². The summed E-state index contributed by atoms with van der Waals surface area (Å²) in [5.74, 6) is 0.610. The van der Waals surface area contributed by atoms with Gasteiger partial charge in [-0.1, -0.05) is 6.07 Å². The van der Waals surface area contributed by atoms with Gasteiger partial charge in [-0.25, -0.2) is 4.98 Å². The molecule has 0 saturated carbocycles. The Morgan fingerprint density at radius 2 is 2.23 bits per heavy atom. The molecule has 140 valence electrons. The van der Waals surface area contributed by atoms with Crippen LogP contribution in [0.3, 0.4) is 0 Å². The summed E-state index contributed by atoms with van der Waals surface area (Å²) >= 11 is 1.60. The third-order valence-electron chi connectivity index (χ3n) is 4.19. The first-order valence-electron chi connectivity index (χ1n) is 8.93. The zero-order valence-electron chi connectivity index (χ0n) is 15.1. The van der Waals surface area contributed by atoms with Crippen molar-refractivity contribution in [2.45, 2.75) is 20.0 Å². The highest BCUT2D eigenvalue weighted by molar-refractivity contribution is 7.09. The van der Waals surface area contributed by atoms with Crippen molar-refractivity contribution < 1.29 is 14.3 Å². The molecule has 2 heterocycles. The molecule has 0 aliphatic carbocycles. The lowest BCUT2D eigenvalue weighted by atomic mass is 10.2. The van der Waals surface area contributed by atoms with E-state index in [1.807, 2.05) is 24.4 Å². The Bertz CT molecular complexity index is 714. The second-order valence-electron chi connectivity index (χ2n) is 6.24. The molecule has 7 heteroatoms. The van der Waals surface area contributed by atoms with Crippen molar-refractivity contribution in [3.8, 4) is 5.75 Å². The summed E-state index contributed by atoms with van der Waals surface area (Å²) in [6, 6.07) is 7.27. The van der Waals surface area contributed by atoms with Crippen molar-refractivity contribution >= 4 is 17.2 Å². The van der Waals surface area contributed by atoms with Gasteiger partial charge in [0.05, 0.1) is 23.9 Å². The summed E-state index contributed by atoms with van der Waals surface area (Å²) in [6.07, 6.45) is 0.936. The smallest absolute Gasteiger partial charge is 0.251 e. The summed E-state index contributed by atoms with van der Waals surface area (Å²) in [7, 11) is 0. The molecule has 1 fully saturated rings. The van der Waals surface area contributed by atoms with Gasteiger partial charge in [0, 0.05) is 30.6 Å². The maximum atomic E-state index is 12.3. The second-order valence-corrected chi connectivity index (χ2v) is 7.30. The summed E-state index contributed by atoms with van der Waals surface area (Å²) in [5, 5.41) is 5.99. The van der Waals surface area contributed by atoms with Gasteiger partial charge in [-0.05, 0) is 38.1 Å². The number of ether oxygens (including phenoxy) is 2. The van der Waals surface area contributed by atoms with E-state index in [-0.39, 0.29) is 5.91 Å². The molecule has 1 aromatic heterocycles. The SMILES string of the molecule is Cc1nc(COc2cccc(C(=O)NCCCN3CCOCC3)c2)cs1. The maximum Gasteiger partial charge on any atom is 0.251 e. The minimum absolute atomic E-state index is 0.0677. The molecule has 1 amide bonds. The van der Waals surface area contributed by atoms with Crippen LogP contribution in [0.2, 0.25) is 0 Å². The molecule has 26 heavy (non-hydrogen) atoms. The molecule has 1 aromatic carbocycles. The number of thiazole rings is 1. The van der Waals surface area contributed by atoms with Crippen molar-refractivity contribution in [2.24, 2.45) is 0 Å². The number of morpholine rings is 1. The average Bonchev–Trinajstić information content (AvgIpc) is 3.10. The summed E-state index contributed by atoms with van der Waals surface area (Å²) in [4.78, 5) is 19.1. The van der Waals surface area contributed by atoms with E-state index in [1.165, 1.54) is 0 Å². The van der Waals surface area contributed by atoms with Crippen LogP contribution in [0.15, 0.2) is 29.6 Å². The van der Waals surface area contributed by atoms with Crippen molar-refractivity contribution in [1.82, 2.24) is 15.2 Å². The van der Waals surface area contributed by atoms with E-state index in [4.69, 9.17) is 9.47 Å². The number of nitrogens with one attached hydrogen (secondary N) is 1. The fraction of sp³-hybridized carbons (Fsp3) is 0.474. The summed E-state index contributed by atoms with van der Waals surface area (Å²) in [6.45, 7) is 7.60. The van der Waals surface area contributed by atoms with Gasteiger partial charge < -0.3 is 14.8 Å². The average molecular weight is 375 g/mol. The zero-order valence-corrected chi connectivity index (χ0v) is 15.9. The molecule has 2 aromatic rings. The van der Waals surface area contributed by atoms with Crippen LogP contribution >= 0.6 is 11.3 Å². The standard InChI is InChI=1S/C19H25N3O3S/c1-15-21-17(14-26-15)13-25-18-5-2-4-16(12-18)19(23)20-6-3-7-22-8-10-24-11-9-22/h2,4-5,12,14H,3,6-11,13H2,1H3,(H,20,23). The fourth-order valence-corrected chi connectivity index (χ4v) is 3.39. The van der Waals surface area contributed by atoms with E-state index >= 15 is 0 Å². The number of hydrogen-bond acceptors (Lipinski definition) is 6. The van der Waals surface area contributed by atoms with Crippen LogP contribution in [0.4, 0.5) is 0 Å². The molecular formula is C19H25N3O3S. The van der Waals surface area contributed by atoms with Gasteiger partial charge in [-0.3, -0.25) is 9.69 Å². The Morgan fingerprint density at radius 3 is 3.00 bits per heavy atom. The quantitative estimate of drug-likeness (QED) is 0.718. The second kappa shape index (κ2) is 9.66. The minimum Gasteiger partial charge on any atom is -0.487 e. The molecule has 1 aliphatic rings. The van der Waals surface area contributed by atoms with Crippen molar-refractivity contribution in [3.05, 3.63) is 45.9 Å². The number of aryl methyl sites for hydroxylation is 1. The maximum absolute atomic E-state index is 12.3.